The van der Waals surface area contributed by atoms with Gasteiger partial charge in [0.15, 0.2) is 0 Å². The van der Waals surface area contributed by atoms with Gasteiger partial charge in [0.05, 0.1) is 4.90 Å². The smallest absolute Gasteiger partial charge is 0.263 e. The monoisotopic (exact) mass is 325 g/mol. The van der Waals surface area contributed by atoms with Crippen LogP contribution in [-0.2, 0) is 10.0 Å². The summed E-state index contributed by atoms with van der Waals surface area (Å²) < 4.78 is 40.4. The van der Waals surface area contributed by atoms with Gasteiger partial charge in [-0.3, -0.25) is 4.72 Å². The van der Waals surface area contributed by atoms with E-state index in [1.807, 2.05) is 0 Å². The van der Waals surface area contributed by atoms with Crippen molar-refractivity contribution in [2.24, 2.45) is 5.73 Å². The van der Waals surface area contributed by atoms with Crippen molar-refractivity contribution in [3.63, 3.8) is 0 Å². The van der Waals surface area contributed by atoms with Gasteiger partial charge in [-0.1, -0.05) is 18.3 Å². The Morgan fingerprint density at radius 2 is 2.10 bits per heavy atom. The Kier molecular flexibility index (Phi) is 4.19. The van der Waals surface area contributed by atoms with Crippen LogP contribution in [0.1, 0.15) is 11.1 Å². The summed E-state index contributed by atoms with van der Waals surface area (Å²) >= 11 is 4.69. The van der Waals surface area contributed by atoms with Crippen LogP contribution in [0.25, 0.3) is 0 Å². The lowest BCUT2D eigenvalue weighted by Crippen LogP contribution is -2.17. The second kappa shape index (κ2) is 5.74. The first-order valence-electron chi connectivity index (χ1n) is 5.85. The highest BCUT2D eigenvalue weighted by Crippen LogP contribution is 2.19. The molecule has 2 rings (SSSR count). The van der Waals surface area contributed by atoms with E-state index in [0.717, 1.165) is 18.2 Å². The van der Waals surface area contributed by atoms with Gasteiger partial charge in [-0.25, -0.2) is 17.8 Å². The van der Waals surface area contributed by atoms with E-state index in [-0.39, 0.29) is 21.3 Å². The minimum absolute atomic E-state index is 0.120. The first-order valence-corrected chi connectivity index (χ1v) is 7.74. The highest BCUT2D eigenvalue weighted by Gasteiger charge is 2.18. The highest BCUT2D eigenvalue weighted by atomic mass is 32.2. The summed E-state index contributed by atoms with van der Waals surface area (Å²) in [4.78, 5) is 3.60. The topological polar surface area (TPSA) is 85.1 Å². The minimum atomic E-state index is -3.90. The van der Waals surface area contributed by atoms with Crippen molar-refractivity contribution >= 4 is 33.0 Å². The Bertz CT molecular complexity index is 807. The number of hydrogen-bond acceptors (Lipinski definition) is 4. The summed E-state index contributed by atoms with van der Waals surface area (Å²) in [5.74, 6) is -0.464. The second-order valence-electron chi connectivity index (χ2n) is 4.28. The van der Waals surface area contributed by atoms with Crippen molar-refractivity contribution in [1.82, 2.24) is 4.98 Å². The van der Waals surface area contributed by atoms with Gasteiger partial charge in [0.1, 0.15) is 16.6 Å². The predicted molar refractivity (Wildman–Crippen MR) is 82.1 cm³/mol. The largest absolute Gasteiger partial charge is 0.389 e. The number of thiocarbonyl (C=S) groups is 1. The van der Waals surface area contributed by atoms with Gasteiger partial charge in [-0.05, 0) is 36.8 Å². The Morgan fingerprint density at radius 1 is 1.38 bits per heavy atom. The number of nitrogens with zero attached hydrogens (tertiary/aromatic N) is 1. The van der Waals surface area contributed by atoms with Crippen molar-refractivity contribution in [3.8, 4) is 0 Å². The van der Waals surface area contributed by atoms with Crippen molar-refractivity contribution in [2.45, 2.75) is 11.8 Å². The maximum atomic E-state index is 13.5. The summed E-state index contributed by atoms with van der Waals surface area (Å²) in [5, 5.41) is 0. The SMILES string of the molecule is Cc1cccnc1NS(=O)(=O)c1ccc(F)c(C(N)=S)c1. The molecule has 2 aromatic rings. The zero-order valence-electron chi connectivity index (χ0n) is 11.0. The summed E-state index contributed by atoms with van der Waals surface area (Å²) in [5.41, 5.74) is 5.91. The first-order chi connectivity index (χ1) is 9.81. The van der Waals surface area contributed by atoms with E-state index in [2.05, 4.69) is 9.71 Å². The molecule has 0 atom stereocenters. The first kappa shape index (κ1) is 15.3. The number of hydrogen-bond donors (Lipinski definition) is 2. The molecule has 0 aliphatic carbocycles. The summed E-state index contributed by atoms with van der Waals surface area (Å²) in [6.45, 7) is 1.72. The summed E-state index contributed by atoms with van der Waals surface area (Å²) in [6, 6.07) is 6.65. The Morgan fingerprint density at radius 3 is 2.71 bits per heavy atom. The van der Waals surface area contributed by atoms with E-state index >= 15 is 0 Å². The van der Waals surface area contributed by atoms with Crippen LogP contribution in [0, 0.1) is 12.7 Å². The third-order valence-electron chi connectivity index (χ3n) is 2.75. The van der Waals surface area contributed by atoms with Gasteiger partial charge in [0.2, 0.25) is 0 Å². The van der Waals surface area contributed by atoms with Crippen LogP contribution < -0.4 is 10.5 Å². The Hall–Kier alpha value is -2.06. The molecule has 0 fully saturated rings. The molecule has 110 valence electrons. The van der Waals surface area contributed by atoms with Crippen LogP contribution in [0.4, 0.5) is 10.2 Å². The summed E-state index contributed by atoms with van der Waals surface area (Å²) in [7, 11) is -3.90. The second-order valence-corrected chi connectivity index (χ2v) is 6.40. The van der Waals surface area contributed by atoms with E-state index < -0.39 is 15.8 Å². The molecule has 5 nitrogen and oxygen atoms in total. The molecular weight excluding hydrogens is 313 g/mol. The van der Waals surface area contributed by atoms with Crippen molar-refractivity contribution < 1.29 is 12.8 Å². The van der Waals surface area contributed by atoms with Crippen LogP contribution in [0.15, 0.2) is 41.4 Å². The zero-order chi connectivity index (χ0) is 15.6. The van der Waals surface area contributed by atoms with Crippen molar-refractivity contribution in [1.29, 1.82) is 0 Å². The zero-order valence-corrected chi connectivity index (χ0v) is 12.6. The number of rotatable bonds is 4. The number of sulfonamides is 1. The average Bonchev–Trinajstić information content (AvgIpc) is 2.41. The molecule has 8 heteroatoms. The van der Waals surface area contributed by atoms with Crippen LogP contribution in [0.5, 0.6) is 0 Å². The number of aryl methyl sites for hydroxylation is 1. The van der Waals surface area contributed by atoms with Crippen LogP contribution in [-0.4, -0.2) is 18.4 Å². The molecular formula is C13H12FN3O2S2. The lowest BCUT2D eigenvalue weighted by atomic mass is 10.2. The van der Waals surface area contributed by atoms with Gasteiger partial charge in [0.25, 0.3) is 10.0 Å². The fourth-order valence-corrected chi connectivity index (χ4v) is 2.90. The Balaban J connectivity index is 2.43. The highest BCUT2D eigenvalue weighted by molar-refractivity contribution is 7.92. The number of nitrogens with one attached hydrogen (secondary N) is 1. The Labute approximate surface area is 127 Å². The molecule has 3 N–H and O–H groups in total. The third-order valence-corrected chi connectivity index (χ3v) is 4.31. The van der Waals surface area contributed by atoms with Gasteiger partial charge in [0, 0.05) is 11.8 Å². The van der Waals surface area contributed by atoms with Gasteiger partial charge in [-0.15, -0.1) is 0 Å². The number of aromatic nitrogens is 1. The lowest BCUT2D eigenvalue weighted by molar-refractivity contribution is 0.599. The average molecular weight is 325 g/mol. The number of anilines is 1. The fourth-order valence-electron chi connectivity index (χ4n) is 1.64. The third kappa shape index (κ3) is 3.34. The molecule has 0 bridgehead atoms. The molecule has 21 heavy (non-hydrogen) atoms. The molecule has 0 unspecified atom stereocenters. The van der Waals surface area contributed by atoms with Gasteiger partial charge >= 0.3 is 0 Å². The molecule has 0 aliphatic heterocycles. The van der Waals surface area contributed by atoms with E-state index in [1.165, 1.54) is 6.20 Å². The van der Waals surface area contributed by atoms with Gasteiger partial charge in [-0.2, -0.15) is 0 Å². The number of halogens is 1. The fraction of sp³-hybridized carbons (Fsp3) is 0.0769. The maximum Gasteiger partial charge on any atom is 0.263 e. The standard InChI is InChI=1S/C13H12FN3O2S2/c1-8-3-2-6-16-13(8)17-21(18,19)9-4-5-11(14)10(7-9)12(15)20/h2-7H,1H3,(H2,15,20)(H,16,17). The number of pyridine rings is 1. The molecule has 0 amide bonds. The molecule has 0 radical (unpaired) electrons. The normalized spacial score (nSPS) is 11.1. The molecule has 1 aromatic heterocycles. The maximum absolute atomic E-state index is 13.5. The van der Waals surface area contributed by atoms with Gasteiger partial charge < -0.3 is 5.73 Å². The predicted octanol–water partition coefficient (Wildman–Crippen LogP) is 1.96. The van der Waals surface area contributed by atoms with E-state index in [1.54, 1.807) is 19.1 Å². The van der Waals surface area contributed by atoms with E-state index in [0.29, 0.717) is 5.56 Å². The van der Waals surface area contributed by atoms with Crippen molar-refractivity contribution in [3.05, 3.63) is 53.5 Å². The number of benzene rings is 1. The van der Waals surface area contributed by atoms with Crippen LogP contribution in [0.3, 0.4) is 0 Å². The van der Waals surface area contributed by atoms with Crippen LogP contribution >= 0.6 is 12.2 Å². The summed E-state index contributed by atoms with van der Waals surface area (Å²) in [6.07, 6.45) is 1.47. The number of nitrogens with two attached hydrogens (primary N) is 1. The van der Waals surface area contributed by atoms with E-state index in [4.69, 9.17) is 18.0 Å². The van der Waals surface area contributed by atoms with E-state index in [9.17, 15) is 12.8 Å². The van der Waals surface area contributed by atoms with Crippen molar-refractivity contribution in [2.75, 3.05) is 4.72 Å². The molecule has 1 aromatic carbocycles. The molecule has 0 aliphatic rings. The molecule has 0 saturated heterocycles. The van der Waals surface area contributed by atoms with Crippen LogP contribution in [0.2, 0.25) is 0 Å². The quantitative estimate of drug-likeness (QED) is 0.840. The molecule has 0 saturated carbocycles. The lowest BCUT2D eigenvalue weighted by Gasteiger charge is -2.10. The molecule has 1 heterocycles. The molecule has 0 spiro atoms. The minimum Gasteiger partial charge on any atom is -0.389 e.